The van der Waals surface area contributed by atoms with E-state index in [1.165, 1.54) is 0 Å². The fourth-order valence-electron chi connectivity index (χ4n) is 7.94. The Morgan fingerprint density at radius 2 is 1.92 bits per heavy atom. The first-order valence-electron chi connectivity index (χ1n) is 9.76. The van der Waals surface area contributed by atoms with Crippen LogP contribution in [0.1, 0.15) is 59.3 Å². The molecule has 4 nitrogen and oxygen atoms in total. The lowest BCUT2D eigenvalue weighted by Gasteiger charge is -2.64. The molecule has 0 amide bonds. The van der Waals surface area contributed by atoms with Crippen molar-refractivity contribution in [2.45, 2.75) is 65.4 Å². The lowest BCUT2D eigenvalue weighted by molar-refractivity contribution is -0.209. The van der Waals surface area contributed by atoms with E-state index in [1.807, 2.05) is 6.92 Å². The van der Waals surface area contributed by atoms with Gasteiger partial charge in [0.1, 0.15) is 0 Å². The summed E-state index contributed by atoms with van der Waals surface area (Å²) in [5.41, 5.74) is -0.884. The Hall–Kier alpha value is -1.16. The number of carbonyl (C=O) groups excluding carboxylic acids is 1. The number of aliphatic hydroxyl groups excluding tert-OH is 1. The van der Waals surface area contributed by atoms with Crippen LogP contribution in [0.2, 0.25) is 0 Å². The molecule has 0 aliphatic heterocycles. The number of Topliss-reactive ketones (excluding diaryl/α,β-unsaturated/α-hetero) is 1. The van der Waals surface area contributed by atoms with Gasteiger partial charge in [-0.1, -0.05) is 26.8 Å². The summed E-state index contributed by atoms with van der Waals surface area (Å²) in [6.45, 7) is 10.3. The largest absolute Gasteiger partial charge is 0.481 e. The highest BCUT2D eigenvalue weighted by atomic mass is 16.4. The lowest BCUT2D eigenvalue weighted by atomic mass is 9.39. The molecule has 0 radical (unpaired) electrons. The van der Waals surface area contributed by atoms with Crippen LogP contribution in [0.3, 0.4) is 0 Å². The van der Waals surface area contributed by atoms with Gasteiger partial charge in [0.15, 0.2) is 5.78 Å². The summed E-state index contributed by atoms with van der Waals surface area (Å²) in [6, 6.07) is 0. The number of allylic oxidation sites excluding steroid dienone is 1. The molecule has 4 saturated carbocycles. The van der Waals surface area contributed by atoms with Gasteiger partial charge in [-0.15, -0.1) is 0 Å². The maximum atomic E-state index is 13.3. The van der Waals surface area contributed by atoms with Crippen LogP contribution in [0, 0.1) is 39.9 Å². The van der Waals surface area contributed by atoms with Gasteiger partial charge in [0, 0.05) is 11.3 Å². The van der Waals surface area contributed by atoms with E-state index in [-0.39, 0.29) is 34.9 Å². The first kappa shape index (κ1) is 17.3. The molecule has 2 bridgehead atoms. The molecule has 138 valence electrons. The van der Waals surface area contributed by atoms with Crippen LogP contribution in [0.25, 0.3) is 0 Å². The molecule has 0 saturated heterocycles. The standard InChI is InChI=1S/C21H30O4/c1-11-13-10-14(22)16-19(3)7-5-8-20(4,18(24)25)15(19)6-9-21(16,12(13)2)17(11)23/h12-16,22H,1,5-10H2,2-4H3,(H,24,25)/t12-,13-,14-,15?,16?,19+,20+,21?/m0/s1. The molecule has 25 heavy (non-hydrogen) atoms. The van der Waals surface area contributed by atoms with Crippen molar-refractivity contribution in [2.75, 3.05) is 0 Å². The molecule has 1 spiro atoms. The third-order valence-corrected chi connectivity index (χ3v) is 9.04. The van der Waals surface area contributed by atoms with E-state index in [0.717, 1.165) is 19.3 Å². The SMILES string of the molecule is C=C1C(=O)C23CCC4[C@@](C)(CCC[C@@]4(C)C(=O)O)C2[C@@H](O)C[C@@H]1[C@@H]3C. The molecule has 2 N–H and O–H groups in total. The van der Waals surface area contributed by atoms with Crippen molar-refractivity contribution >= 4 is 11.8 Å². The third kappa shape index (κ3) is 1.77. The summed E-state index contributed by atoms with van der Waals surface area (Å²) in [5.74, 6) is -0.394. The van der Waals surface area contributed by atoms with Crippen LogP contribution >= 0.6 is 0 Å². The molecule has 4 aliphatic rings. The van der Waals surface area contributed by atoms with Crippen LogP contribution in [0.15, 0.2) is 12.2 Å². The van der Waals surface area contributed by atoms with Crippen molar-refractivity contribution in [3.05, 3.63) is 12.2 Å². The summed E-state index contributed by atoms with van der Waals surface area (Å²) < 4.78 is 0. The molecular weight excluding hydrogens is 316 g/mol. The second kappa shape index (κ2) is 4.97. The number of carbonyl (C=O) groups is 2. The van der Waals surface area contributed by atoms with E-state index in [4.69, 9.17) is 0 Å². The Kier molecular flexibility index (Phi) is 3.43. The maximum absolute atomic E-state index is 13.3. The monoisotopic (exact) mass is 346 g/mol. The summed E-state index contributed by atoms with van der Waals surface area (Å²) in [4.78, 5) is 25.4. The summed E-state index contributed by atoms with van der Waals surface area (Å²) in [7, 11) is 0. The van der Waals surface area contributed by atoms with Crippen molar-refractivity contribution in [3.63, 3.8) is 0 Å². The third-order valence-electron chi connectivity index (χ3n) is 9.04. The van der Waals surface area contributed by atoms with Crippen LogP contribution in [0.5, 0.6) is 0 Å². The molecule has 4 fully saturated rings. The topological polar surface area (TPSA) is 74.6 Å². The summed E-state index contributed by atoms with van der Waals surface area (Å²) in [5, 5.41) is 21.1. The zero-order valence-corrected chi connectivity index (χ0v) is 15.5. The van der Waals surface area contributed by atoms with E-state index < -0.39 is 22.9 Å². The molecule has 0 aromatic rings. The zero-order chi connectivity index (χ0) is 18.4. The minimum absolute atomic E-state index is 0.0157. The number of carboxylic acid groups (broad SMARTS) is 1. The molecule has 4 heteroatoms. The van der Waals surface area contributed by atoms with Gasteiger partial charge in [0.2, 0.25) is 0 Å². The van der Waals surface area contributed by atoms with Gasteiger partial charge in [0.05, 0.1) is 11.5 Å². The second-order valence-corrected chi connectivity index (χ2v) is 9.74. The number of rotatable bonds is 1. The lowest BCUT2D eigenvalue weighted by Crippen LogP contribution is -2.64. The minimum Gasteiger partial charge on any atom is -0.481 e. The Bertz CT molecular complexity index is 669. The van der Waals surface area contributed by atoms with Crippen LogP contribution in [0.4, 0.5) is 0 Å². The number of ketones is 1. The quantitative estimate of drug-likeness (QED) is 0.713. The minimum atomic E-state index is -0.757. The van der Waals surface area contributed by atoms with E-state index in [0.29, 0.717) is 24.8 Å². The van der Waals surface area contributed by atoms with E-state index in [1.54, 1.807) is 0 Å². The number of hydrogen-bond acceptors (Lipinski definition) is 3. The van der Waals surface area contributed by atoms with Crippen molar-refractivity contribution in [3.8, 4) is 0 Å². The molecule has 0 aromatic carbocycles. The number of aliphatic hydroxyl groups is 1. The van der Waals surface area contributed by atoms with Crippen molar-refractivity contribution < 1.29 is 19.8 Å². The van der Waals surface area contributed by atoms with Crippen molar-refractivity contribution in [1.29, 1.82) is 0 Å². The predicted molar refractivity (Wildman–Crippen MR) is 93.8 cm³/mol. The molecule has 4 aliphatic carbocycles. The molecule has 3 unspecified atom stereocenters. The highest BCUT2D eigenvalue weighted by Crippen LogP contribution is 2.72. The van der Waals surface area contributed by atoms with Gasteiger partial charge >= 0.3 is 5.97 Å². The number of carboxylic acids is 1. The molecular formula is C21H30O4. The van der Waals surface area contributed by atoms with Crippen molar-refractivity contribution in [2.24, 2.45) is 39.9 Å². The molecule has 0 heterocycles. The van der Waals surface area contributed by atoms with Gasteiger partial charge in [-0.2, -0.15) is 0 Å². The molecule has 0 aromatic heterocycles. The second-order valence-electron chi connectivity index (χ2n) is 9.74. The summed E-state index contributed by atoms with van der Waals surface area (Å²) >= 11 is 0. The fourth-order valence-corrected chi connectivity index (χ4v) is 7.94. The van der Waals surface area contributed by atoms with Crippen LogP contribution in [-0.4, -0.2) is 28.1 Å². The summed E-state index contributed by atoms with van der Waals surface area (Å²) in [6.07, 6.45) is 3.98. The average Bonchev–Trinajstić information content (AvgIpc) is 2.65. The number of fused-ring (bicyclic) bond motifs is 3. The normalized spacial score (nSPS) is 54.8. The first-order chi connectivity index (χ1) is 11.6. The molecule has 4 rings (SSSR count). The Balaban J connectivity index is 1.87. The van der Waals surface area contributed by atoms with Crippen LogP contribution in [-0.2, 0) is 9.59 Å². The smallest absolute Gasteiger partial charge is 0.309 e. The highest BCUT2D eigenvalue weighted by Gasteiger charge is 2.72. The van der Waals surface area contributed by atoms with Gasteiger partial charge in [-0.25, -0.2) is 0 Å². The average molecular weight is 346 g/mol. The Labute approximate surface area is 149 Å². The van der Waals surface area contributed by atoms with Gasteiger partial charge in [-0.05, 0) is 67.8 Å². The Morgan fingerprint density at radius 1 is 1.24 bits per heavy atom. The zero-order valence-electron chi connectivity index (χ0n) is 15.5. The van der Waals surface area contributed by atoms with E-state index in [9.17, 15) is 19.8 Å². The van der Waals surface area contributed by atoms with Gasteiger partial charge in [-0.3, -0.25) is 9.59 Å². The van der Waals surface area contributed by atoms with Crippen molar-refractivity contribution in [1.82, 2.24) is 0 Å². The maximum Gasteiger partial charge on any atom is 0.309 e. The van der Waals surface area contributed by atoms with E-state index >= 15 is 0 Å². The number of aliphatic carboxylic acids is 1. The predicted octanol–water partition coefficient (Wildman–Crippen LogP) is 3.44. The number of hydrogen-bond donors (Lipinski definition) is 2. The highest BCUT2D eigenvalue weighted by molar-refractivity contribution is 6.03. The Morgan fingerprint density at radius 3 is 2.56 bits per heavy atom. The fraction of sp³-hybridized carbons (Fsp3) is 0.810. The molecule has 8 atom stereocenters. The van der Waals surface area contributed by atoms with E-state index in [2.05, 4.69) is 20.4 Å². The first-order valence-corrected chi connectivity index (χ1v) is 9.76. The van der Waals surface area contributed by atoms with Crippen LogP contribution < -0.4 is 0 Å². The van der Waals surface area contributed by atoms with Gasteiger partial charge in [0.25, 0.3) is 0 Å². The van der Waals surface area contributed by atoms with Gasteiger partial charge < -0.3 is 10.2 Å².